The molecule has 2 bridgehead atoms. The Morgan fingerprint density at radius 2 is 1.82 bits per heavy atom. The Morgan fingerprint density at radius 1 is 1.12 bits per heavy atom. The van der Waals surface area contributed by atoms with Gasteiger partial charge in [0, 0.05) is 25.2 Å². The van der Waals surface area contributed by atoms with E-state index in [2.05, 4.69) is 47.8 Å². The standard InChI is InChI=1S/C32H52N2O6/c1-9-11-15-21-39-28(38)24-23-26(36)33(19-13-12-14-20-35)25(32(23)17-16-31(24,8)40-32)27(37)34(18-10-2)30(6,7)22-29(3,4)5/h9-10,23-25,35H,1-2,11-22H2,3-8H3/t23-,24+,25?,31-,32?/m0/s1. The molecule has 0 saturated carbocycles. The SMILES string of the molecule is C=CCCCOC(=O)[C@H]1[C@H]2C(=O)N(CCCCCO)C(C(=O)N(CC=C)C(C)(C)CC(C)(C)C)C23CC[C@]1(C)O3. The van der Waals surface area contributed by atoms with Gasteiger partial charge in [-0.1, -0.05) is 32.9 Å². The van der Waals surface area contributed by atoms with Crippen molar-refractivity contribution in [1.29, 1.82) is 0 Å². The number of unbranched alkanes of at least 4 members (excludes halogenated alkanes) is 3. The number of likely N-dealkylation sites (tertiary alicyclic amines) is 1. The van der Waals surface area contributed by atoms with Gasteiger partial charge in [0.1, 0.15) is 17.6 Å². The van der Waals surface area contributed by atoms with Gasteiger partial charge in [-0.2, -0.15) is 0 Å². The molecule has 3 fully saturated rings. The predicted octanol–water partition coefficient (Wildman–Crippen LogP) is 4.65. The van der Waals surface area contributed by atoms with Crippen molar-refractivity contribution in [2.75, 3.05) is 26.3 Å². The summed E-state index contributed by atoms with van der Waals surface area (Å²) >= 11 is 0. The largest absolute Gasteiger partial charge is 0.465 e. The van der Waals surface area contributed by atoms with Gasteiger partial charge in [-0.05, 0) is 77.6 Å². The third-order valence-electron chi connectivity index (χ3n) is 8.89. The molecule has 0 aliphatic carbocycles. The van der Waals surface area contributed by atoms with Crippen LogP contribution in [0.1, 0.15) is 92.9 Å². The van der Waals surface area contributed by atoms with Crippen LogP contribution in [0.25, 0.3) is 0 Å². The number of nitrogens with zero attached hydrogens (tertiary/aromatic N) is 2. The molecule has 3 saturated heterocycles. The van der Waals surface area contributed by atoms with E-state index in [0.717, 1.165) is 19.3 Å². The molecular weight excluding hydrogens is 508 g/mol. The first-order chi connectivity index (χ1) is 18.7. The first-order valence-corrected chi connectivity index (χ1v) is 15.0. The van der Waals surface area contributed by atoms with E-state index in [4.69, 9.17) is 9.47 Å². The average molecular weight is 561 g/mol. The van der Waals surface area contributed by atoms with Crippen LogP contribution in [0.2, 0.25) is 0 Å². The van der Waals surface area contributed by atoms with Crippen molar-refractivity contribution in [3.8, 4) is 0 Å². The van der Waals surface area contributed by atoms with Gasteiger partial charge in [0.2, 0.25) is 11.8 Å². The van der Waals surface area contributed by atoms with Gasteiger partial charge in [-0.25, -0.2) is 0 Å². The second-order valence-corrected chi connectivity index (χ2v) is 13.9. The van der Waals surface area contributed by atoms with E-state index < -0.39 is 40.6 Å². The van der Waals surface area contributed by atoms with Gasteiger partial charge >= 0.3 is 5.97 Å². The molecule has 226 valence electrons. The van der Waals surface area contributed by atoms with Crippen molar-refractivity contribution < 1.29 is 29.0 Å². The molecule has 3 aliphatic heterocycles. The van der Waals surface area contributed by atoms with Crippen molar-refractivity contribution >= 4 is 17.8 Å². The highest BCUT2D eigenvalue weighted by molar-refractivity contribution is 5.98. The normalized spacial score (nSPS) is 29.4. The van der Waals surface area contributed by atoms with Gasteiger partial charge in [0.05, 0.1) is 18.1 Å². The second-order valence-electron chi connectivity index (χ2n) is 13.9. The number of fused-ring (bicyclic) bond motifs is 1. The lowest BCUT2D eigenvalue weighted by molar-refractivity contribution is -0.161. The fourth-order valence-corrected chi connectivity index (χ4v) is 7.67. The van der Waals surface area contributed by atoms with E-state index in [1.54, 1.807) is 17.1 Å². The summed E-state index contributed by atoms with van der Waals surface area (Å²) in [4.78, 5) is 45.9. The molecule has 0 radical (unpaired) electrons. The molecule has 1 spiro atoms. The summed E-state index contributed by atoms with van der Waals surface area (Å²) in [5, 5.41) is 9.28. The van der Waals surface area contributed by atoms with E-state index in [1.165, 1.54) is 0 Å². The molecule has 1 N–H and O–H groups in total. The average Bonchev–Trinajstić information content (AvgIpc) is 3.41. The molecule has 3 aliphatic rings. The number of ether oxygens (including phenoxy) is 2. The maximum Gasteiger partial charge on any atom is 0.312 e. The van der Waals surface area contributed by atoms with Crippen molar-refractivity contribution in [3.63, 3.8) is 0 Å². The monoisotopic (exact) mass is 560 g/mol. The van der Waals surface area contributed by atoms with Crippen molar-refractivity contribution in [1.82, 2.24) is 9.80 Å². The molecule has 3 heterocycles. The molecule has 2 unspecified atom stereocenters. The number of esters is 1. The molecule has 2 amide bonds. The van der Waals surface area contributed by atoms with Gasteiger partial charge in [-0.3, -0.25) is 14.4 Å². The Balaban J connectivity index is 2.02. The van der Waals surface area contributed by atoms with E-state index in [-0.39, 0.29) is 30.4 Å². The van der Waals surface area contributed by atoms with Crippen LogP contribution in [0, 0.1) is 17.3 Å². The van der Waals surface area contributed by atoms with Crippen LogP contribution in [0.15, 0.2) is 25.3 Å². The molecule has 8 heteroatoms. The Labute approximate surface area is 241 Å². The highest BCUT2D eigenvalue weighted by Crippen LogP contribution is 2.63. The third kappa shape index (κ3) is 6.18. The number of carbonyl (C=O) groups excluding carboxylic acids is 3. The van der Waals surface area contributed by atoms with Gasteiger partial charge in [0.15, 0.2) is 0 Å². The summed E-state index contributed by atoms with van der Waals surface area (Å²) in [6.45, 7) is 21.2. The number of aliphatic hydroxyl groups excluding tert-OH is 1. The fourth-order valence-electron chi connectivity index (χ4n) is 7.67. The van der Waals surface area contributed by atoms with Gasteiger partial charge < -0.3 is 24.4 Å². The Hall–Kier alpha value is -2.19. The smallest absolute Gasteiger partial charge is 0.312 e. The minimum Gasteiger partial charge on any atom is -0.465 e. The quantitative estimate of drug-likeness (QED) is 0.178. The van der Waals surface area contributed by atoms with Crippen molar-refractivity contribution in [2.24, 2.45) is 17.3 Å². The first-order valence-electron chi connectivity index (χ1n) is 15.0. The lowest BCUT2D eigenvalue weighted by Gasteiger charge is -2.45. The van der Waals surface area contributed by atoms with E-state index in [1.807, 2.05) is 11.8 Å². The summed E-state index contributed by atoms with van der Waals surface area (Å²) in [6.07, 6.45) is 8.81. The number of carbonyl (C=O) groups is 3. The third-order valence-corrected chi connectivity index (χ3v) is 8.89. The van der Waals surface area contributed by atoms with E-state index >= 15 is 0 Å². The van der Waals surface area contributed by atoms with Crippen LogP contribution in [0.4, 0.5) is 0 Å². The number of rotatable bonds is 15. The maximum atomic E-state index is 14.7. The van der Waals surface area contributed by atoms with E-state index in [0.29, 0.717) is 45.2 Å². The number of hydrogen-bond donors (Lipinski definition) is 1. The van der Waals surface area contributed by atoms with Crippen LogP contribution in [-0.4, -0.2) is 81.8 Å². The van der Waals surface area contributed by atoms with Crippen LogP contribution in [0.3, 0.4) is 0 Å². The van der Waals surface area contributed by atoms with Crippen LogP contribution in [0.5, 0.6) is 0 Å². The van der Waals surface area contributed by atoms with Crippen molar-refractivity contribution in [3.05, 3.63) is 25.3 Å². The minimum atomic E-state index is -1.08. The minimum absolute atomic E-state index is 0.0320. The summed E-state index contributed by atoms with van der Waals surface area (Å²) < 4.78 is 12.4. The van der Waals surface area contributed by atoms with Crippen LogP contribution >= 0.6 is 0 Å². The summed E-state index contributed by atoms with van der Waals surface area (Å²) in [7, 11) is 0. The molecule has 0 aromatic heterocycles. The Kier molecular flexibility index (Phi) is 9.99. The topological polar surface area (TPSA) is 96.4 Å². The van der Waals surface area contributed by atoms with Gasteiger partial charge in [-0.15, -0.1) is 13.2 Å². The Bertz CT molecular complexity index is 971. The lowest BCUT2D eigenvalue weighted by Crippen LogP contribution is -2.61. The molecular formula is C32H52N2O6. The summed E-state index contributed by atoms with van der Waals surface area (Å²) in [5.41, 5.74) is -2.48. The lowest BCUT2D eigenvalue weighted by atomic mass is 9.66. The van der Waals surface area contributed by atoms with Gasteiger partial charge in [0.25, 0.3) is 0 Å². The molecule has 8 nitrogen and oxygen atoms in total. The zero-order valence-corrected chi connectivity index (χ0v) is 25.7. The number of hydrogen-bond acceptors (Lipinski definition) is 6. The summed E-state index contributed by atoms with van der Waals surface area (Å²) in [6, 6.07) is -0.835. The van der Waals surface area contributed by atoms with Crippen LogP contribution in [-0.2, 0) is 23.9 Å². The zero-order valence-electron chi connectivity index (χ0n) is 25.7. The molecule has 0 aromatic carbocycles. The molecule has 0 aromatic rings. The highest BCUT2D eigenvalue weighted by atomic mass is 16.6. The molecule has 40 heavy (non-hydrogen) atoms. The van der Waals surface area contributed by atoms with Crippen LogP contribution < -0.4 is 0 Å². The fraction of sp³-hybridized carbons (Fsp3) is 0.781. The Morgan fingerprint density at radius 3 is 2.42 bits per heavy atom. The molecule has 5 atom stereocenters. The van der Waals surface area contributed by atoms with E-state index in [9.17, 15) is 19.5 Å². The number of aliphatic hydroxyl groups is 1. The number of allylic oxidation sites excluding steroid dienone is 1. The summed E-state index contributed by atoms with van der Waals surface area (Å²) in [5.74, 6) is -2.30. The van der Waals surface area contributed by atoms with Crippen molar-refractivity contribution in [2.45, 2.75) is 116 Å². The predicted molar refractivity (Wildman–Crippen MR) is 155 cm³/mol. The first kappa shape index (κ1) is 32.3. The highest BCUT2D eigenvalue weighted by Gasteiger charge is 2.78. The second kappa shape index (κ2) is 12.4. The maximum absolute atomic E-state index is 14.7. The number of amides is 2. The molecule has 3 rings (SSSR count). The zero-order chi connectivity index (χ0) is 29.9.